The Morgan fingerprint density at radius 3 is 1.00 bits per heavy atom. The van der Waals surface area contributed by atoms with Gasteiger partial charge in [-0.2, -0.15) is 0 Å². The highest BCUT2D eigenvalue weighted by Crippen LogP contribution is 2.22. The predicted octanol–water partition coefficient (Wildman–Crippen LogP) is 8.85. The Hall–Kier alpha value is -0.780. The molecule has 6 unspecified atom stereocenters. The molecule has 26 heavy (non-hydrogen) atoms. The maximum Gasteiger partial charge on any atom is -0.0262 e. The van der Waals surface area contributed by atoms with Crippen LogP contribution in [0.5, 0.6) is 0 Å². The number of allylic oxidation sites excluding steroid dienone is 4. The molecule has 0 heterocycles. The first-order chi connectivity index (χ1) is 12.3. The maximum absolute atomic E-state index is 3.89. The number of rotatable bonds is 16. The molecule has 0 bridgehead atoms. The van der Waals surface area contributed by atoms with Crippen LogP contribution in [-0.4, -0.2) is 0 Å². The van der Waals surface area contributed by atoms with Gasteiger partial charge in [-0.3, -0.25) is 0 Å². The van der Waals surface area contributed by atoms with Crippen molar-refractivity contribution in [3.8, 4) is 0 Å². The second kappa shape index (κ2) is 15.3. The standard InChI is InChI=1S/C26H48/c1-9-21(3)11-13-23(5)15-17-25(7)19-20-26(8)18-16-24(6)14-12-22(4)10-2/h9-10,19-26H,1-2,11-18H2,3-8H3/b20-19+. The Labute approximate surface area is 166 Å². The molecule has 0 aliphatic heterocycles. The van der Waals surface area contributed by atoms with E-state index < -0.39 is 0 Å². The molecule has 0 radical (unpaired) electrons. The summed E-state index contributed by atoms with van der Waals surface area (Å²) in [5, 5.41) is 0. The molecule has 0 aromatic rings. The molecular weight excluding hydrogens is 312 g/mol. The lowest BCUT2D eigenvalue weighted by Crippen LogP contribution is -2.03. The number of hydrogen-bond acceptors (Lipinski definition) is 0. The van der Waals surface area contributed by atoms with Crippen molar-refractivity contribution in [2.45, 2.75) is 92.9 Å². The zero-order valence-electron chi connectivity index (χ0n) is 18.8. The van der Waals surface area contributed by atoms with Gasteiger partial charge in [-0.1, -0.05) is 91.5 Å². The molecule has 0 aliphatic carbocycles. The summed E-state index contributed by atoms with van der Waals surface area (Å²) in [4.78, 5) is 0. The molecule has 152 valence electrons. The quantitative estimate of drug-likeness (QED) is 0.241. The van der Waals surface area contributed by atoms with Gasteiger partial charge in [-0.25, -0.2) is 0 Å². The molecule has 0 saturated heterocycles. The Balaban J connectivity index is 3.91. The predicted molar refractivity (Wildman–Crippen MR) is 121 cm³/mol. The maximum atomic E-state index is 3.89. The van der Waals surface area contributed by atoms with Crippen molar-refractivity contribution in [2.75, 3.05) is 0 Å². The fourth-order valence-electron chi connectivity index (χ4n) is 3.29. The highest BCUT2D eigenvalue weighted by molar-refractivity contribution is 4.90. The van der Waals surface area contributed by atoms with Crippen LogP contribution >= 0.6 is 0 Å². The summed E-state index contributed by atoms with van der Waals surface area (Å²) >= 11 is 0. The molecule has 0 N–H and O–H groups in total. The Morgan fingerprint density at radius 2 is 0.731 bits per heavy atom. The van der Waals surface area contributed by atoms with Gasteiger partial charge >= 0.3 is 0 Å². The van der Waals surface area contributed by atoms with Gasteiger partial charge < -0.3 is 0 Å². The topological polar surface area (TPSA) is 0 Å². The molecule has 0 heteroatoms. The van der Waals surface area contributed by atoms with E-state index in [4.69, 9.17) is 0 Å². The Morgan fingerprint density at radius 1 is 0.462 bits per heavy atom. The van der Waals surface area contributed by atoms with Gasteiger partial charge in [0, 0.05) is 0 Å². The van der Waals surface area contributed by atoms with E-state index in [1.54, 1.807) is 0 Å². The van der Waals surface area contributed by atoms with E-state index in [9.17, 15) is 0 Å². The summed E-state index contributed by atoms with van der Waals surface area (Å²) in [6.07, 6.45) is 19.7. The monoisotopic (exact) mass is 360 g/mol. The van der Waals surface area contributed by atoms with Gasteiger partial charge in [0.25, 0.3) is 0 Å². The molecule has 0 fully saturated rings. The Kier molecular flexibility index (Phi) is 14.8. The van der Waals surface area contributed by atoms with E-state index in [-0.39, 0.29) is 0 Å². The van der Waals surface area contributed by atoms with Crippen LogP contribution in [-0.2, 0) is 0 Å². The fourth-order valence-corrected chi connectivity index (χ4v) is 3.29. The lowest BCUT2D eigenvalue weighted by atomic mass is 9.90. The van der Waals surface area contributed by atoms with Crippen molar-refractivity contribution >= 4 is 0 Å². The first-order valence-electron chi connectivity index (χ1n) is 11.2. The number of hydrogen-bond donors (Lipinski definition) is 0. The summed E-state index contributed by atoms with van der Waals surface area (Å²) in [6, 6.07) is 0. The minimum atomic E-state index is 0.665. The normalized spacial score (nSPS) is 18.8. The summed E-state index contributed by atoms with van der Waals surface area (Å²) in [7, 11) is 0. The average molecular weight is 361 g/mol. The van der Waals surface area contributed by atoms with Gasteiger partial charge in [0.2, 0.25) is 0 Å². The average Bonchev–Trinajstić information content (AvgIpc) is 2.64. The second-order valence-electron chi connectivity index (χ2n) is 9.29. The van der Waals surface area contributed by atoms with E-state index in [1.165, 1.54) is 51.4 Å². The summed E-state index contributed by atoms with van der Waals surface area (Å²) in [5.41, 5.74) is 0. The minimum Gasteiger partial charge on any atom is -0.103 e. The highest BCUT2D eigenvalue weighted by atomic mass is 14.1. The highest BCUT2D eigenvalue weighted by Gasteiger charge is 2.09. The van der Waals surface area contributed by atoms with E-state index in [2.05, 4.69) is 79.0 Å². The second-order valence-corrected chi connectivity index (χ2v) is 9.29. The van der Waals surface area contributed by atoms with E-state index in [0.717, 1.165) is 11.8 Å². The van der Waals surface area contributed by atoms with Gasteiger partial charge in [0.1, 0.15) is 0 Å². The third kappa shape index (κ3) is 14.4. The first-order valence-corrected chi connectivity index (χ1v) is 11.2. The fraction of sp³-hybridized carbons (Fsp3) is 0.769. The van der Waals surface area contributed by atoms with Gasteiger partial charge in [-0.15, -0.1) is 13.2 Å². The molecule has 0 amide bonds. The molecule has 0 rings (SSSR count). The Bertz CT molecular complexity index is 341. The zero-order valence-corrected chi connectivity index (χ0v) is 18.8. The molecule has 0 nitrogen and oxygen atoms in total. The van der Waals surface area contributed by atoms with Crippen LogP contribution in [0.1, 0.15) is 92.9 Å². The van der Waals surface area contributed by atoms with Crippen molar-refractivity contribution in [1.82, 2.24) is 0 Å². The van der Waals surface area contributed by atoms with E-state index in [0.29, 0.717) is 23.7 Å². The molecule has 0 aromatic carbocycles. The van der Waals surface area contributed by atoms with Crippen molar-refractivity contribution in [3.63, 3.8) is 0 Å². The van der Waals surface area contributed by atoms with Crippen LogP contribution in [0.2, 0.25) is 0 Å². The van der Waals surface area contributed by atoms with Crippen LogP contribution in [0, 0.1) is 35.5 Å². The zero-order chi connectivity index (χ0) is 19.9. The van der Waals surface area contributed by atoms with Gasteiger partial charge in [0.15, 0.2) is 0 Å². The SMILES string of the molecule is C=CC(C)CCC(C)CCC(C)/C=C/C(C)CCC(C)CCC(C)C=C. The van der Waals surface area contributed by atoms with Crippen LogP contribution in [0.3, 0.4) is 0 Å². The van der Waals surface area contributed by atoms with Crippen LogP contribution < -0.4 is 0 Å². The summed E-state index contributed by atoms with van der Waals surface area (Å²) < 4.78 is 0. The first kappa shape index (κ1) is 25.2. The molecular formula is C26H48. The van der Waals surface area contributed by atoms with E-state index in [1.807, 2.05) is 0 Å². The molecule has 6 atom stereocenters. The lowest BCUT2D eigenvalue weighted by Gasteiger charge is -2.16. The lowest BCUT2D eigenvalue weighted by molar-refractivity contribution is 0.408. The molecule has 0 saturated carbocycles. The summed E-state index contributed by atoms with van der Waals surface area (Å²) in [6.45, 7) is 21.9. The molecule has 0 aliphatic rings. The van der Waals surface area contributed by atoms with Gasteiger partial charge in [-0.05, 0) is 61.2 Å². The van der Waals surface area contributed by atoms with Crippen LogP contribution in [0.25, 0.3) is 0 Å². The van der Waals surface area contributed by atoms with Crippen molar-refractivity contribution < 1.29 is 0 Å². The van der Waals surface area contributed by atoms with E-state index >= 15 is 0 Å². The summed E-state index contributed by atoms with van der Waals surface area (Å²) in [5.74, 6) is 4.43. The minimum absolute atomic E-state index is 0.665. The van der Waals surface area contributed by atoms with Crippen molar-refractivity contribution in [3.05, 3.63) is 37.5 Å². The third-order valence-corrected chi connectivity index (χ3v) is 6.03. The smallest absolute Gasteiger partial charge is 0.0262 e. The van der Waals surface area contributed by atoms with Gasteiger partial charge in [0.05, 0.1) is 0 Å². The molecule has 0 spiro atoms. The van der Waals surface area contributed by atoms with Crippen molar-refractivity contribution in [1.29, 1.82) is 0 Å². The third-order valence-electron chi connectivity index (χ3n) is 6.03. The van der Waals surface area contributed by atoms with Crippen molar-refractivity contribution in [2.24, 2.45) is 35.5 Å². The van der Waals surface area contributed by atoms with Crippen LogP contribution in [0.4, 0.5) is 0 Å². The van der Waals surface area contributed by atoms with Crippen LogP contribution in [0.15, 0.2) is 37.5 Å². The molecule has 0 aromatic heterocycles. The largest absolute Gasteiger partial charge is 0.103 e.